The number of pyridine rings is 1. The molecule has 2 aromatic heterocycles. The quantitative estimate of drug-likeness (QED) is 0.841. The van der Waals surface area contributed by atoms with Crippen LogP contribution in [-0.2, 0) is 11.2 Å². The molecule has 2 aromatic rings. The second-order valence-electron chi connectivity index (χ2n) is 5.27. The molecule has 1 fully saturated rings. The monoisotopic (exact) mass is 286 g/mol. The molecular formula is C14H18N6O. The van der Waals surface area contributed by atoms with Gasteiger partial charge in [0.25, 0.3) is 0 Å². The lowest BCUT2D eigenvalue weighted by Crippen LogP contribution is -2.45. The Morgan fingerprint density at radius 1 is 1.29 bits per heavy atom. The van der Waals surface area contributed by atoms with Crippen LogP contribution in [0.2, 0.25) is 0 Å². The zero-order valence-corrected chi connectivity index (χ0v) is 12.0. The molecule has 0 radical (unpaired) electrons. The predicted octanol–water partition coefficient (Wildman–Crippen LogP) is -0.196. The minimum absolute atomic E-state index is 0.0801. The molecule has 0 atom stereocenters. The summed E-state index contributed by atoms with van der Waals surface area (Å²) in [6.07, 6.45) is 1.75. The Kier molecular flexibility index (Phi) is 3.66. The second kappa shape index (κ2) is 5.61. The van der Waals surface area contributed by atoms with Crippen LogP contribution in [0, 0.1) is 0 Å². The summed E-state index contributed by atoms with van der Waals surface area (Å²) in [6.45, 7) is 3.69. The normalized spacial score (nSPS) is 16.3. The maximum Gasteiger partial charge on any atom is 0.226 e. The third-order valence-electron chi connectivity index (χ3n) is 3.64. The van der Waals surface area contributed by atoms with Crippen molar-refractivity contribution in [2.75, 3.05) is 38.1 Å². The SMILES string of the molecule is CN1CCN(c2nc(CC(N)=O)c3ncccc3n2)CC1. The number of nitrogens with two attached hydrogens (primary N) is 1. The molecule has 21 heavy (non-hydrogen) atoms. The summed E-state index contributed by atoms with van der Waals surface area (Å²) < 4.78 is 0. The van der Waals surface area contributed by atoms with Gasteiger partial charge < -0.3 is 15.5 Å². The van der Waals surface area contributed by atoms with E-state index in [-0.39, 0.29) is 6.42 Å². The molecule has 1 aliphatic rings. The fraction of sp³-hybridized carbons (Fsp3) is 0.429. The minimum atomic E-state index is -0.412. The molecule has 0 aromatic carbocycles. The van der Waals surface area contributed by atoms with Crippen molar-refractivity contribution in [1.29, 1.82) is 0 Å². The van der Waals surface area contributed by atoms with Crippen LogP contribution in [0.25, 0.3) is 11.0 Å². The number of nitrogens with zero attached hydrogens (tertiary/aromatic N) is 5. The first-order chi connectivity index (χ1) is 10.1. The zero-order chi connectivity index (χ0) is 14.8. The van der Waals surface area contributed by atoms with Gasteiger partial charge in [-0.05, 0) is 19.2 Å². The highest BCUT2D eigenvalue weighted by atomic mass is 16.1. The van der Waals surface area contributed by atoms with E-state index >= 15 is 0 Å². The van der Waals surface area contributed by atoms with Gasteiger partial charge in [-0.2, -0.15) is 0 Å². The molecule has 1 aliphatic heterocycles. The van der Waals surface area contributed by atoms with Crippen LogP contribution in [0.15, 0.2) is 18.3 Å². The Morgan fingerprint density at radius 3 is 2.76 bits per heavy atom. The average Bonchev–Trinajstić information content (AvgIpc) is 2.47. The number of fused-ring (bicyclic) bond motifs is 1. The third kappa shape index (κ3) is 2.92. The van der Waals surface area contributed by atoms with E-state index in [1.54, 1.807) is 6.20 Å². The first kappa shape index (κ1) is 13.7. The molecule has 0 aliphatic carbocycles. The summed E-state index contributed by atoms with van der Waals surface area (Å²) in [5.74, 6) is 0.241. The Balaban J connectivity index is 2.01. The van der Waals surface area contributed by atoms with E-state index in [1.807, 2.05) is 12.1 Å². The number of hydrogen-bond acceptors (Lipinski definition) is 6. The molecule has 7 nitrogen and oxygen atoms in total. The molecule has 7 heteroatoms. The van der Waals surface area contributed by atoms with Crippen LogP contribution in [0.3, 0.4) is 0 Å². The molecule has 0 spiro atoms. The number of aromatic nitrogens is 3. The van der Waals surface area contributed by atoms with Gasteiger partial charge in [0, 0.05) is 32.4 Å². The van der Waals surface area contributed by atoms with Crippen LogP contribution < -0.4 is 10.6 Å². The number of amides is 1. The van der Waals surface area contributed by atoms with Gasteiger partial charge in [0.15, 0.2) is 0 Å². The number of piperazine rings is 1. The number of rotatable bonds is 3. The Hall–Kier alpha value is -2.28. The Bertz CT molecular complexity index is 666. The van der Waals surface area contributed by atoms with E-state index in [4.69, 9.17) is 5.73 Å². The summed E-state index contributed by atoms with van der Waals surface area (Å²) in [5.41, 5.74) is 7.31. The van der Waals surface area contributed by atoms with E-state index in [0.29, 0.717) is 17.2 Å². The van der Waals surface area contributed by atoms with E-state index in [9.17, 15) is 4.79 Å². The van der Waals surface area contributed by atoms with Crippen molar-refractivity contribution in [2.24, 2.45) is 5.73 Å². The first-order valence-corrected chi connectivity index (χ1v) is 6.97. The van der Waals surface area contributed by atoms with E-state index < -0.39 is 5.91 Å². The van der Waals surface area contributed by atoms with E-state index in [0.717, 1.165) is 31.7 Å². The summed E-state index contributed by atoms with van der Waals surface area (Å²) in [5, 5.41) is 0. The number of primary amides is 1. The predicted molar refractivity (Wildman–Crippen MR) is 79.9 cm³/mol. The van der Waals surface area contributed by atoms with E-state index in [1.165, 1.54) is 0 Å². The molecule has 0 bridgehead atoms. The van der Waals surface area contributed by atoms with E-state index in [2.05, 4.69) is 31.8 Å². The zero-order valence-electron chi connectivity index (χ0n) is 12.0. The summed E-state index contributed by atoms with van der Waals surface area (Å²) in [7, 11) is 2.10. The molecule has 1 saturated heterocycles. The van der Waals surface area contributed by atoms with Crippen molar-refractivity contribution in [3.63, 3.8) is 0 Å². The van der Waals surface area contributed by atoms with Crippen molar-refractivity contribution < 1.29 is 4.79 Å². The van der Waals surface area contributed by atoms with Gasteiger partial charge in [-0.15, -0.1) is 0 Å². The fourth-order valence-corrected chi connectivity index (χ4v) is 2.45. The smallest absolute Gasteiger partial charge is 0.226 e. The molecule has 3 heterocycles. The first-order valence-electron chi connectivity index (χ1n) is 6.97. The van der Waals surface area contributed by atoms with Crippen LogP contribution in [-0.4, -0.2) is 59.0 Å². The number of anilines is 1. The average molecular weight is 286 g/mol. The van der Waals surface area contributed by atoms with Crippen LogP contribution in [0.1, 0.15) is 5.69 Å². The summed E-state index contributed by atoms with van der Waals surface area (Å²) >= 11 is 0. The summed E-state index contributed by atoms with van der Waals surface area (Å²) in [6, 6.07) is 3.71. The van der Waals surface area contributed by atoms with Gasteiger partial charge >= 0.3 is 0 Å². The number of carbonyl (C=O) groups excluding carboxylic acids is 1. The number of carbonyl (C=O) groups is 1. The lowest BCUT2D eigenvalue weighted by molar-refractivity contribution is -0.117. The highest BCUT2D eigenvalue weighted by Gasteiger charge is 2.19. The molecule has 2 N–H and O–H groups in total. The lowest BCUT2D eigenvalue weighted by Gasteiger charge is -2.32. The third-order valence-corrected chi connectivity index (χ3v) is 3.64. The highest BCUT2D eigenvalue weighted by Crippen LogP contribution is 2.19. The molecule has 110 valence electrons. The van der Waals surface area contributed by atoms with Crippen LogP contribution >= 0.6 is 0 Å². The maximum atomic E-state index is 11.3. The van der Waals surface area contributed by atoms with Crippen molar-refractivity contribution in [2.45, 2.75) is 6.42 Å². The van der Waals surface area contributed by atoms with Crippen molar-refractivity contribution in [3.05, 3.63) is 24.0 Å². The molecule has 3 rings (SSSR count). The fourth-order valence-electron chi connectivity index (χ4n) is 2.45. The van der Waals surface area contributed by atoms with Gasteiger partial charge in [0.2, 0.25) is 11.9 Å². The van der Waals surface area contributed by atoms with Crippen molar-refractivity contribution >= 4 is 22.9 Å². The molecule has 0 unspecified atom stereocenters. The highest BCUT2D eigenvalue weighted by molar-refractivity contribution is 5.84. The maximum absolute atomic E-state index is 11.3. The van der Waals surface area contributed by atoms with Crippen LogP contribution in [0.5, 0.6) is 0 Å². The Morgan fingerprint density at radius 2 is 2.05 bits per heavy atom. The van der Waals surface area contributed by atoms with Gasteiger partial charge in [-0.1, -0.05) is 0 Å². The lowest BCUT2D eigenvalue weighted by atomic mass is 10.2. The number of likely N-dealkylation sites (N-methyl/N-ethyl adjacent to an activating group) is 1. The van der Waals surface area contributed by atoms with Crippen LogP contribution in [0.4, 0.5) is 5.95 Å². The molecule has 1 amide bonds. The van der Waals surface area contributed by atoms with Gasteiger partial charge in [-0.25, -0.2) is 9.97 Å². The molecular weight excluding hydrogens is 268 g/mol. The standard InChI is InChI=1S/C14H18N6O/c1-19-5-7-20(8-6-19)14-17-10-3-2-4-16-13(10)11(18-14)9-12(15)21/h2-4H,5-9H2,1H3,(H2,15,21). The van der Waals surface area contributed by atoms with Crippen molar-refractivity contribution in [1.82, 2.24) is 19.9 Å². The topological polar surface area (TPSA) is 88.2 Å². The summed E-state index contributed by atoms with van der Waals surface area (Å²) in [4.78, 5) is 29.0. The number of hydrogen-bond donors (Lipinski definition) is 1. The minimum Gasteiger partial charge on any atom is -0.369 e. The van der Waals surface area contributed by atoms with Gasteiger partial charge in [-0.3, -0.25) is 9.78 Å². The van der Waals surface area contributed by atoms with Gasteiger partial charge in [0.1, 0.15) is 5.52 Å². The van der Waals surface area contributed by atoms with Gasteiger partial charge in [0.05, 0.1) is 17.6 Å². The second-order valence-corrected chi connectivity index (χ2v) is 5.27. The molecule has 0 saturated carbocycles. The Labute approximate surface area is 122 Å². The van der Waals surface area contributed by atoms with Crippen molar-refractivity contribution in [3.8, 4) is 0 Å². The largest absolute Gasteiger partial charge is 0.369 e.